The quantitative estimate of drug-likeness (QED) is 0.768. The van der Waals surface area contributed by atoms with Crippen LogP contribution in [0.15, 0.2) is 40.9 Å². The number of carbonyl (C=O) groups is 1. The lowest BCUT2D eigenvalue weighted by Crippen LogP contribution is -2.06. The van der Waals surface area contributed by atoms with Crippen molar-refractivity contribution in [3.8, 4) is 0 Å². The van der Waals surface area contributed by atoms with Crippen molar-refractivity contribution in [2.24, 2.45) is 0 Å². The molecule has 98 valence electrons. The average molecular weight is 329 g/mol. The topological polar surface area (TPSA) is 17.1 Å². The predicted molar refractivity (Wildman–Crippen MR) is 68.5 cm³/mol. The zero-order valence-corrected chi connectivity index (χ0v) is 11.2. The molecule has 0 aromatic heterocycles. The molecule has 0 aliphatic rings. The number of benzene rings is 2. The van der Waals surface area contributed by atoms with E-state index in [4.69, 9.17) is 0 Å². The van der Waals surface area contributed by atoms with Gasteiger partial charge in [0.15, 0.2) is 5.78 Å². The van der Waals surface area contributed by atoms with Gasteiger partial charge in [0.05, 0.1) is 4.47 Å². The lowest BCUT2D eigenvalue weighted by molar-refractivity contribution is 0.0991. The molecule has 0 spiro atoms. The summed E-state index contributed by atoms with van der Waals surface area (Å²) in [5.41, 5.74) is 0.350. The van der Waals surface area contributed by atoms with Crippen LogP contribution in [0.25, 0.3) is 0 Å². The molecule has 19 heavy (non-hydrogen) atoms. The average Bonchev–Trinajstić information content (AvgIpc) is 2.31. The summed E-state index contributed by atoms with van der Waals surface area (Å²) in [6.45, 7) is 0. The second kappa shape index (κ2) is 5.57. The molecule has 1 nitrogen and oxygen atoms in total. The smallest absolute Gasteiger partial charge is 0.168 e. The van der Waals surface area contributed by atoms with E-state index in [1.54, 1.807) is 0 Å². The highest BCUT2D eigenvalue weighted by Gasteiger charge is 2.14. The van der Waals surface area contributed by atoms with Gasteiger partial charge in [-0.15, -0.1) is 0 Å². The molecule has 0 atom stereocenters. The van der Waals surface area contributed by atoms with Gasteiger partial charge in [-0.25, -0.2) is 13.2 Å². The fourth-order valence-electron chi connectivity index (χ4n) is 1.71. The number of halogens is 4. The molecule has 0 saturated carbocycles. The van der Waals surface area contributed by atoms with Crippen LogP contribution in [0, 0.1) is 17.5 Å². The van der Waals surface area contributed by atoms with Crippen LogP contribution >= 0.6 is 15.9 Å². The molecule has 2 rings (SSSR count). The van der Waals surface area contributed by atoms with Crippen molar-refractivity contribution in [1.82, 2.24) is 0 Å². The lowest BCUT2D eigenvalue weighted by atomic mass is 10.0. The van der Waals surface area contributed by atoms with E-state index in [9.17, 15) is 18.0 Å². The molecule has 0 radical (unpaired) electrons. The van der Waals surface area contributed by atoms with Crippen LogP contribution in [0.4, 0.5) is 13.2 Å². The van der Waals surface area contributed by atoms with Crippen LogP contribution in [-0.4, -0.2) is 5.78 Å². The second-order valence-corrected chi connectivity index (χ2v) is 4.77. The van der Waals surface area contributed by atoms with Crippen molar-refractivity contribution in [2.45, 2.75) is 6.42 Å². The first-order valence-electron chi connectivity index (χ1n) is 5.39. The standard InChI is InChI=1S/C14H8BrF3O/c15-14-11(2-1-3-12(14)18)13(19)6-8-4-9(16)7-10(17)5-8/h1-5,7H,6H2. The molecule has 0 amide bonds. The number of hydrogen-bond acceptors (Lipinski definition) is 1. The molecule has 5 heteroatoms. The molecule has 0 aliphatic heterocycles. The van der Waals surface area contributed by atoms with Crippen molar-refractivity contribution < 1.29 is 18.0 Å². The van der Waals surface area contributed by atoms with Crippen LogP contribution in [0.2, 0.25) is 0 Å². The fourth-order valence-corrected chi connectivity index (χ4v) is 2.20. The minimum Gasteiger partial charge on any atom is -0.294 e. The van der Waals surface area contributed by atoms with E-state index in [1.165, 1.54) is 18.2 Å². The third-order valence-corrected chi connectivity index (χ3v) is 3.34. The summed E-state index contributed by atoms with van der Waals surface area (Å²) >= 11 is 2.98. The van der Waals surface area contributed by atoms with Gasteiger partial charge in [0.1, 0.15) is 17.5 Å². The third kappa shape index (κ3) is 3.23. The predicted octanol–water partition coefficient (Wildman–Crippen LogP) is 4.29. The van der Waals surface area contributed by atoms with Crippen molar-refractivity contribution >= 4 is 21.7 Å². The largest absolute Gasteiger partial charge is 0.294 e. The summed E-state index contributed by atoms with van der Waals surface area (Å²) in [5, 5.41) is 0. The Kier molecular flexibility index (Phi) is 4.04. The Morgan fingerprint density at radius 2 is 1.68 bits per heavy atom. The van der Waals surface area contributed by atoms with E-state index in [0.717, 1.165) is 18.2 Å². The molecule has 0 fully saturated rings. The van der Waals surface area contributed by atoms with Gasteiger partial charge in [-0.1, -0.05) is 12.1 Å². The first-order valence-corrected chi connectivity index (χ1v) is 6.19. The summed E-state index contributed by atoms with van der Waals surface area (Å²) in [4.78, 5) is 12.0. The Morgan fingerprint density at radius 3 is 2.32 bits per heavy atom. The Bertz CT molecular complexity index is 620. The Hall–Kier alpha value is -1.62. The summed E-state index contributed by atoms with van der Waals surface area (Å²) in [5.74, 6) is -2.48. The first-order chi connectivity index (χ1) is 8.97. The summed E-state index contributed by atoms with van der Waals surface area (Å²) in [6.07, 6.45) is -0.198. The van der Waals surface area contributed by atoms with Crippen molar-refractivity contribution in [3.05, 3.63) is 69.4 Å². The highest BCUT2D eigenvalue weighted by atomic mass is 79.9. The number of rotatable bonds is 3. The van der Waals surface area contributed by atoms with E-state index in [0.29, 0.717) is 0 Å². The SMILES string of the molecule is O=C(Cc1cc(F)cc(F)c1)c1cccc(F)c1Br. The van der Waals surface area contributed by atoms with Crippen molar-refractivity contribution in [2.75, 3.05) is 0 Å². The monoisotopic (exact) mass is 328 g/mol. The van der Waals surface area contributed by atoms with Crippen molar-refractivity contribution in [1.29, 1.82) is 0 Å². The van der Waals surface area contributed by atoms with Gasteiger partial charge in [0, 0.05) is 18.1 Å². The molecule has 0 N–H and O–H groups in total. The summed E-state index contributed by atoms with van der Waals surface area (Å²) < 4.78 is 39.3. The Labute approximate surface area is 116 Å². The molecule has 2 aromatic carbocycles. The number of ketones is 1. The molecule has 0 aliphatic carbocycles. The highest BCUT2D eigenvalue weighted by Crippen LogP contribution is 2.22. The molecule has 0 unspecified atom stereocenters. The van der Waals surface area contributed by atoms with E-state index in [2.05, 4.69) is 15.9 Å². The number of Topliss-reactive ketones (excluding diaryl/α,β-unsaturated/α-hetero) is 1. The van der Waals surface area contributed by atoms with Gasteiger partial charge in [-0.05, 0) is 39.7 Å². The molecule has 0 saturated heterocycles. The Morgan fingerprint density at radius 1 is 1.05 bits per heavy atom. The zero-order chi connectivity index (χ0) is 14.0. The van der Waals surface area contributed by atoms with Crippen LogP contribution in [0.3, 0.4) is 0 Å². The van der Waals surface area contributed by atoms with Gasteiger partial charge in [-0.3, -0.25) is 4.79 Å². The molecule has 2 aromatic rings. The molecular weight excluding hydrogens is 321 g/mol. The van der Waals surface area contributed by atoms with Crippen LogP contribution in [0.5, 0.6) is 0 Å². The molecular formula is C14H8BrF3O. The first kappa shape index (κ1) is 13.8. The minimum atomic E-state index is -0.749. The maximum absolute atomic E-state index is 13.3. The number of carbonyl (C=O) groups excluding carboxylic acids is 1. The van der Waals surface area contributed by atoms with Crippen molar-refractivity contribution in [3.63, 3.8) is 0 Å². The third-order valence-electron chi connectivity index (χ3n) is 2.54. The van der Waals surface area contributed by atoms with Gasteiger partial charge >= 0.3 is 0 Å². The highest BCUT2D eigenvalue weighted by molar-refractivity contribution is 9.10. The van der Waals surface area contributed by atoms with Crippen LogP contribution < -0.4 is 0 Å². The van der Waals surface area contributed by atoms with Gasteiger partial charge in [-0.2, -0.15) is 0 Å². The maximum atomic E-state index is 13.3. The molecule has 0 bridgehead atoms. The maximum Gasteiger partial charge on any atom is 0.168 e. The van der Waals surface area contributed by atoms with E-state index >= 15 is 0 Å². The normalized spacial score (nSPS) is 10.5. The van der Waals surface area contributed by atoms with E-state index < -0.39 is 23.2 Å². The minimum absolute atomic E-state index is 0.0527. The van der Waals surface area contributed by atoms with E-state index in [1.807, 2.05) is 0 Å². The van der Waals surface area contributed by atoms with Crippen LogP contribution in [0.1, 0.15) is 15.9 Å². The lowest BCUT2D eigenvalue weighted by Gasteiger charge is -2.05. The summed E-state index contributed by atoms with van der Waals surface area (Å²) in [7, 11) is 0. The number of hydrogen-bond donors (Lipinski definition) is 0. The van der Waals surface area contributed by atoms with E-state index in [-0.39, 0.29) is 22.0 Å². The summed E-state index contributed by atoms with van der Waals surface area (Å²) in [6, 6.07) is 6.95. The zero-order valence-electron chi connectivity index (χ0n) is 9.59. The fraction of sp³-hybridized carbons (Fsp3) is 0.0714. The Balaban J connectivity index is 2.28. The van der Waals surface area contributed by atoms with Gasteiger partial charge < -0.3 is 0 Å². The van der Waals surface area contributed by atoms with Gasteiger partial charge in [0.25, 0.3) is 0 Å². The second-order valence-electron chi connectivity index (χ2n) is 3.98. The van der Waals surface area contributed by atoms with Crippen LogP contribution in [-0.2, 0) is 6.42 Å². The van der Waals surface area contributed by atoms with Gasteiger partial charge in [0.2, 0.25) is 0 Å². The molecule has 0 heterocycles.